The highest BCUT2D eigenvalue weighted by atomic mass is 32.2. The zero-order valence-electron chi connectivity index (χ0n) is 10.2. The molecular weight excluding hydrogens is 274 g/mol. The lowest BCUT2D eigenvalue weighted by molar-refractivity contribution is 0.489. The van der Waals surface area contributed by atoms with Gasteiger partial charge in [0.2, 0.25) is 0 Å². The molecule has 0 unspecified atom stereocenters. The van der Waals surface area contributed by atoms with Gasteiger partial charge in [0.25, 0.3) is 5.22 Å². The maximum absolute atomic E-state index is 5.73. The lowest BCUT2D eigenvalue weighted by Gasteiger charge is -1.96. The summed E-state index contributed by atoms with van der Waals surface area (Å²) in [6.07, 6.45) is 3.56. The van der Waals surface area contributed by atoms with Crippen LogP contribution in [0, 0.1) is 0 Å². The number of benzene rings is 1. The summed E-state index contributed by atoms with van der Waals surface area (Å²) < 4.78 is 7.36. The molecular formula is C13H9N5OS. The Balaban J connectivity index is 1.72. The molecule has 0 saturated carbocycles. The van der Waals surface area contributed by atoms with E-state index in [-0.39, 0.29) is 0 Å². The van der Waals surface area contributed by atoms with Gasteiger partial charge in [0.15, 0.2) is 11.2 Å². The van der Waals surface area contributed by atoms with Crippen molar-refractivity contribution in [3.05, 3.63) is 42.7 Å². The summed E-state index contributed by atoms with van der Waals surface area (Å²) in [5.74, 6) is 0. The van der Waals surface area contributed by atoms with E-state index in [4.69, 9.17) is 10.2 Å². The zero-order valence-corrected chi connectivity index (χ0v) is 11.0. The molecule has 0 aliphatic rings. The quantitative estimate of drug-likeness (QED) is 0.450. The van der Waals surface area contributed by atoms with E-state index < -0.39 is 0 Å². The average molecular weight is 283 g/mol. The van der Waals surface area contributed by atoms with Gasteiger partial charge in [-0.15, -0.1) is 0 Å². The Morgan fingerprint density at radius 1 is 1.15 bits per heavy atom. The van der Waals surface area contributed by atoms with E-state index in [1.807, 2.05) is 24.4 Å². The minimum atomic E-state index is 0.543. The number of oxazole rings is 1. The Bertz CT molecular complexity index is 913. The number of aromatic nitrogens is 4. The predicted octanol–water partition coefficient (Wildman–Crippen LogP) is 2.60. The third-order valence-electron chi connectivity index (χ3n) is 2.82. The fourth-order valence-corrected chi connectivity index (χ4v) is 2.63. The number of rotatable bonds is 2. The van der Waals surface area contributed by atoms with Gasteiger partial charge in [0, 0.05) is 18.0 Å². The highest BCUT2D eigenvalue weighted by Crippen LogP contribution is 2.29. The molecule has 2 N–H and O–H groups in total. The summed E-state index contributed by atoms with van der Waals surface area (Å²) in [5.41, 5.74) is 8.64. The molecule has 4 aromatic rings. The van der Waals surface area contributed by atoms with Gasteiger partial charge in [-0.25, -0.2) is 14.5 Å². The first-order valence-electron chi connectivity index (χ1n) is 5.92. The Morgan fingerprint density at radius 3 is 3.05 bits per heavy atom. The molecule has 20 heavy (non-hydrogen) atoms. The number of hydrogen-bond acceptors (Lipinski definition) is 6. The van der Waals surface area contributed by atoms with Crippen LogP contribution in [-0.2, 0) is 0 Å². The third kappa shape index (κ3) is 1.88. The lowest BCUT2D eigenvalue weighted by Crippen LogP contribution is -1.89. The molecule has 98 valence electrons. The second kappa shape index (κ2) is 4.24. The van der Waals surface area contributed by atoms with Crippen LogP contribution in [0.15, 0.2) is 57.4 Å². The molecule has 0 aliphatic carbocycles. The van der Waals surface area contributed by atoms with Crippen molar-refractivity contribution in [2.45, 2.75) is 10.2 Å². The maximum atomic E-state index is 5.73. The molecule has 4 rings (SSSR count). The SMILES string of the molecule is Nc1ccc2oc(Sc3ccn4nccc4n3)nc2c1. The second-order valence-corrected chi connectivity index (χ2v) is 5.18. The van der Waals surface area contributed by atoms with E-state index in [1.54, 1.807) is 22.8 Å². The summed E-state index contributed by atoms with van der Waals surface area (Å²) in [4.78, 5) is 8.85. The van der Waals surface area contributed by atoms with Crippen molar-refractivity contribution < 1.29 is 4.42 Å². The number of nitrogens with zero attached hydrogens (tertiary/aromatic N) is 4. The second-order valence-electron chi connectivity index (χ2n) is 4.21. The van der Waals surface area contributed by atoms with E-state index in [0.29, 0.717) is 16.5 Å². The van der Waals surface area contributed by atoms with Crippen LogP contribution < -0.4 is 5.73 Å². The molecule has 0 atom stereocenters. The van der Waals surface area contributed by atoms with Gasteiger partial charge in [-0.05, 0) is 36.0 Å². The van der Waals surface area contributed by atoms with Crippen LogP contribution in [0.25, 0.3) is 16.7 Å². The molecule has 0 bridgehead atoms. The van der Waals surface area contributed by atoms with Crippen molar-refractivity contribution >= 4 is 34.2 Å². The van der Waals surface area contributed by atoms with E-state index in [1.165, 1.54) is 11.8 Å². The van der Waals surface area contributed by atoms with Gasteiger partial charge < -0.3 is 10.2 Å². The molecule has 7 heteroatoms. The third-order valence-corrected chi connectivity index (χ3v) is 3.60. The van der Waals surface area contributed by atoms with Crippen molar-refractivity contribution in [3.63, 3.8) is 0 Å². The first-order valence-corrected chi connectivity index (χ1v) is 6.74. The summed E-state index contributed by atoms with van der Waals surface area (Å²) >= 11 is 1.37. The Labute approximate surface area is 117 Å². The normalized spacial score (nSPS) is 11.4. The van der Waals surface area contributed by atoms with Gasteiger partial charge in [-0.3, -0.25) is 0 Å². The molecule has 3 heterocycles. The van der Waals surface area contributed by atoms with E-state index in [2.05, 4.69) is 15.1 Å². The number of nitrogens with two attached hydrogens (primary N) is 1. The van der Waals surface area contributed by atoms with Gasteiger partial charge in [0.05, 0.1) is 6.20 Å². The fourth-order valence-electron chi connectivity index (χ4n) is 1.91. The number of hydrogen-bond donors (Lipinski definition) is 1. The fraction of sp³-hybridized carbons (Fsp3) is 0. The van der Waals surface area contributed by atoms with Crippen molar-refractivity contribution in [1.82, 2.24) is 19.6 Å². The van der Waals surface area contributed by atoms with Gasteiger partial charge in [0.1, 0.15) is 10.5 Å². The molecule has 0 spiro atoms. The Kier molecular flexibility index (Phi) is 2.40. The number of fused-ring (bicyclic) bond motifs is 2. The van der Waals surface area contributed by atoms with E-state index >= 15 is 0 Å². The largest absolute Gasteiger partial charge is 0.431 e. The number of nitrogen functional groups attached to an aromatic ring is 1. The predicted molar refractivity (Wildman–Crippen MR) is 75.5 cm³/mol. The van der Waals surface area contributed by atoms with Crippen LogP contribution in [0.3, 0.4) is 0 Å². The molecule has 0 radical (unpaired) electrons. The minimum absolute atomic E-state index is 0.543. The molecule has 0 aliphatic heterocycles. The van der Waals surface area contributed by atoms with Crippen LogP contribution in [0.4, 0.5) is 5.69 Å². The molecule has 6 nitrogen and oxygen atoms in total. The first kappa shape index (κ1) is 11.3. The molecule has 0 fully saturated rings. The topological polar surface area (TPSA) is 82.2 Å². The standard InChI is InChI=1S/C13H9N5OS/c14-8-1-2-10-9(7-8)16-13(19-10)20-12-4-6-18-11(17-12)3-5-15-18/h1-7H,14H2. The minimum Gasteiger partial charge on any atom is -0.431 e. The summed E-state index contributed by atoms with van der Waals surface area (Å²) in [6.45, 7) is 0. The summed E-state index contributed by atoms with van der Waals surface area (Å²) in [7, 11) is 0. The molecule has 0 amide bonds. The van der Waals surface area contributed by atoms with Crippen LogP contribution in [-0.4, -0.2) is 19.6 Å². The highest BCUT2D eigenvalue weighted by Gasteiger charge is 2.09. The van der Waals surface area contributed by atoms with Crippen LogP contribution in [0.2, 0.25) is 0 Å². The Morgan fingerprint density at radius 2 is 2.10 bits per heavy atom. The Hall–Kier alpha value is -2.54. The van der Waals surface area contributed by atoms with Crippen LogP contribution in [0.1, 0.15) is 0 Å². The van der Waals surface area contributed by atoms with Crippen LogP contribution >= 0.6 is 11.8 Å². The van der Waals surface area contributed by atoms with Crippen LogP contribution in [0.5, 0.6) is 0 Å². The average Bonchev–Trinajstić information content (AvgIpc) is 3.03. The zero-order chi connectivity index (χ0) is 13.5. The summed E-state index contributed by atoms with van der Waals surface area (Å²) in [6, 6.07) is 9.11. The monoisotopic (exact) mass is 283 g/mol. The smallest absolute Gasteiger partial charge is 0.263 e. The molecule has 0 saturated heterocycles. The van der Waals surface area contributed by atoms with Crippen molar-refractivity contribution in [2.24, 2.45) is 0 Å². The van der Waals surface area contributed by atoms with Crippen molar-refractivity contribution in [3.8, 4) is 0 Å². The lowest BCUT2D eigenvalue weighted by atomic mass is 10.3. The van der Waals surface area contributed by atoms with E-state index in [9.17, 15) is 0 Å². The van der Waals surface area contributed by atoms with Crippen molar-refractivity contribution in [2.75, 3.05) is 5.73 Å². The molecule has 3 aromatic heterocycles. The first-order chi connectivity index (χ1) is 9.78. The maximum Gasteiger partial charge on any atom is 0.263 e. The van der Waals surface area contributed by atoms with Gasteiger partial charge >= 0.3 is 0 Å². The van der Waals surface area contributed by atoms with Crippen molar-refractivity contribution in [1.29, 1.82) is 0 Å². The highest BCUT2D eigenvalue weighted by molar-refractivity contribution is 7.99. The van der Waals surface area contributed by atoms with Gasteiger partial charge in [-0.2, -0.15) is 5.10 Å². The van der Waals surface area contributed by atoms with E-state index in [0.717, 1.165) is 16.2 Å². The summed E-state index contributed by atoms with van der Waals surface area (Å²) in [5, 5.41) is 5.45. The number of anilines is 1. The van der Waals surface area contributed by atoms with Gasteiger partial charge in [-0.1, -0.05) is 0 Å². The molecule has 1 aromatic carbocycles.